The third kappa shape index (κ3) is 5.92. The maximum absolute atomic E-state index is 11.6. The Kier molecular flexibility index (Phi) is 5.60. The summed E-state index contributed by atoms with van der Waals surface area (Å²) in [6.07, 6.45) is 0.844. The number of carboxylic acid groups (broad SMARTS) is 1. The van der Waals surface area contributed by atoms with Crippen LogP contribution in [0, 0.1) is 11.8 Å². The molecule has 0 spiro atoms. The van der Waals surface area contributed by atoms with Gasteiger partial charge in [0.25, 0.3) is 0 Å². The molecule has 110 valence electrons. The van der Waals surface area contributed by atoms with Gasteiger partial charge in [0.15, 0.2) is 0 Å². The van der Waals surface area contributed by atoms with Crippen molar-refractivity contribution in [2.24, 2.45) is 11.8 Å². The first-order chi connectivity index (χ1) is 8.79. The molecule has 6 nitrogen and oxygen atoms in total. The smallest absolute Gasteiger partial charge is 0.407 e. The summed E-state index contributed by atoms with van der Waals surface area (Å²) in [5.74, 6) is -1.26. The van der Waals surface area contributed by atoms with E-state index in [-0.39, 0.29) is 5.92 Å². The molecule has 1 saturated heterocycles. The molecule has 6 heteroatoms. The monoisotopic (exact) mass is 272 g/mol. The van der Waals surface area contributed by atoms with Gasteiger partial charge in [0.2, 0.25) is 0 Å². The molecular weight excluding hydrogens is 248 g/mol. The Morgan fingerprint density at radius 1 is 1.32 bits per heavy atom. The fourth-order valence-electron chi connectivity index (χ4n) is 2.20. The standard InChI is InChI=1S/C13H24N2O4/c1-13(2,3)19-12(18)15-8-9-4-6-14-7-5-10(9)11(16)17/h9-10,14H,4-8H2,1-3H3,(H,15,18)(H,16,17)/t9-,10+/m0/s1. The Morgan fingerprint density at radius 2 is 1.95 bits per heavy atom. The molecule has 1 rings (SSSR count). The predicted molar refractivity (Wildman–Crippen MR) is 71.0 cm³/mol. The van der Waals surface area contributed by atoms with Gasteiger partial charge < -0.3 is 20.5 Å². The fourth-order valence-corrected chi connectivity index (χ4v) is 2.20. The zero-order valence-electron chi connectivity index (χ0n) is 11.9. The summed E-state index contributed by atoms with van der Waals surface area (Å²) >= 11 is 0. The maximum Gasteiger partial charge on any atom is 0.407 e. The second-order valence-corrected chi connectivity index (χ2v) is 5.91. The highest BCUT2D eigenvalue weighted by atomic mass is 16.6. The van der Waals surface area contributed by atoms with Crippen LogP contribution in [0.15, 0.2) is 0 Å². The van der Waals surface area contributed by atoms with Crippen LogP contribution in [0.4, 0.5) is 4.79 Å². The van der Waals surface area contributed by atoms with E-state index in [0.717, 1.165) is 13.0 Å². The molecule has 0 saturated carbocycles. The van der Waals surface area contributed by atoms with Crippen molar-refractivity contribution in [3.8, 4) is 0 Å². The van der Waals surface area contributed by atoms with Gasteiger partial charge in [-0.25, -0.2) is 4.79 Å². The van der Waals surface area contributed by atoms with Crippen molar-refractivity contribution >= 4 is 12.1 Å². The van der Waals surface area contributed by atoms with Crippen molar-refractivity contribution in [3.05, 3.63) is 0 Å². The zero-order valence-corrected chi connectivity index (χ0v) is 11.9. The van der Waals surface area contributed by atoms with Crippen LogP contribution in [0.2, 0.25) is 0 Å². The molecule has 0 radical (unpaired) electrons. The number of hydrogen-bond donors (Lipinski definition) is 3. The van der Waals surface area contributed by atoms with Crippen LogP contribution in [0.25, 0.3) is 0 Å². The quantitative estimate of drug-likeness (QED) is 0.719. The molecule has 2 atom stereocenters. The van der Waals surface area contributed by atoms with Gasteiger partial charge in [-0.15, -0.1) is 0 Å². The van der Waals surface area contributed by atoms with E-state index < -0.39 is 23.6 Å². The lowest BCUT2D eigenvalue weighted by Gasteiger charge is -2.23. The summed E-state index contributed by atoms with van der Waals surface area (Å²) in [4.78, 5) is 22.8. The summed E-state index contributed by atoms with van der Waals surface area (Å²) in [6.45, 7) is 7.21. The summed E-state index contributed by atoms with van der Waals surface area (Å²) in [7, 11) is 0. The first kappa shape index (κ1) is 15.8. The van der Waals surface area contributed by atoms with Crippen LogP contribution >= 0.6 is 0 Å². The van der Waals surface area contributed by atoms with Crippen LogP contribution in [-0.2, 0) is 9.53 Å². The minimum Gasteiger partial charge on any atom is -0.481 e. The second kappa shape index (κ2) is 6.75. The number of nitrogens with one attached hydrogen (secondary N) is 2. The van der Waals surface area contributed by atoms with E-state index in [2.05, 4.69) is 10.6 Å². The maximum atomic E-state index is 11.6. The summed E-state index contributed by atoms with van der Waals surface area (Å²) in [5, 5.41) is 15.1. The Balaban J connectivity index is 2.48. The van der Waals surface area contributed by atoms with E-state index in [0.29, 0.717) is 19.5 Å². The molecule has 3 N–H and O–H groups in total. The third-order valence-electron chi connectivity index (χ3n) is 3.12. The number of hydrogen-bond acceptors (Lipinski definition) is 4. The van der Waals surface area contributed by atoms with E-state index in [1.54, 1.807) is 20.8 Å². The van der Waals surface area contributed by atoms with Crippen LogP contribution in [0.3, 0.4) is 0 Å². The zero-order chi connectivity index (χ0) is 14.5. The first-order valence-corrected chi connectivity index (χ1v) is 6.70. The molecule has 0 aromatic carbocycles. The molecule has 0 bridgehead atoms. The number of aliphatic carboxylic acids is 1. The SMILES string of the molecule is CC(C)(C)OC(=O)NC[C@@H]1CCNCC[C@H]1C(=O)O. The summed E-state index contributed by atoms with van der Waals surface area (Å²) in [6, 6.07) is 0. The highest BCUT2D eigenvalue weighted by molar-refractivity contribution is 5.71. The highest BCUT2D eigenvalue weighted by Gasteiger charge is 2.30. The number of carbonyl (C=O) groups is 2. The molecule has 0 unspecified atom stereocenters. The van der Waals surface area contributed by atoms with Gasteiger partial charge in [0.1, 0.15) is 5.60 Å². The Hall–Kier alpha value is -1.30. The van der Waals surface area contributed by atoms with E-state index >= 15 is 0 Å². The molecule has 19 heavy (non-hydrogen) atoms. The number of amides is 1. The van der Waals surface area contributed by atoms with Crippen LogP contribution < -0.4 is 10.6 Å². The van der Waals surface area contributed by atoms with Crippen molar-refractivity contribution in [1.82, 2.24) is 10.6 Å². The normalized spacial score (nSPS) is 24.4. The van der Waals surface area contributed by atoms with Gasteiger partial charge in [-0.1, -0.05) is 0 Å². The average Bonchev–Trinajstić information content (AvgIpc) is 2.48. The molecule has 1 fully saturated rings. The molecular formula is C13H24N2O4. The Morgan fingerprint density at radius 3 is 2.53 bits per heavy atom. The van der Waals surface area contributed by atoms with E-state index in [9.17, 15) is 14.7 Å². The largest absolute Gasteiger partial charge is 0.481 e. The minimum atomic E-state index is -0.792. The van der Waals surface area contributed by atoms with Crippen LogP contribution in [0.5, 0.6) is 0 Å². The molecule has 1 amide bonds. The van der Waals surface area contributed by atoms with Crippen molar-refractivity contribution in [3.63, 3.8) is 0 Å². The molecule has 0 aromatic rings. The Bertz CT molecular complexity index is 325. The fraction of sp³-hybridized carbons (Fsp3) is 0.846. The van der Waals surface area contributed by atoms with Crippen molar-refractivity contribution in [1.29, 1.82) is 0 Å². The predicted octanol–water partition coefficient (Wildman–Crippen LogP) is 1.21. The van der Waals surface area contributed by atoms with Gasteiger partial charge >= 0.3 is 12.1 Å². The molecule has 1 aliphatic rings. The molecule has 0 aromatic heterocycles. The summed E-state index contributed by atoms with van der Waals surface area (Å²) < 4.78 is 5.14. The number of carbonyl (C=O) groups excluding carboxylic acids is 1. The minimum absolute atomic E-state index is 0.0555. The van der Waals surface area contributed by atoms with Gasteiger partial charge in [-0.05, 0) is 52.6 Å². The molecule has 1 aliphatic heterocycles. The van der Waals surface area contributed by atoms with Crippen LogP contribution in [0.1, 0.15) is 33.6 Å². The van der Waals surface area contributed by atoms with Crippen molar-refractivity contribution < 1.29 is 19.4 Å². The van der Waals surface area contributed by atoms with E-state index in [1.165, 1.54) is 0 Å². The lowest BCUT2D eigenvalue weighted by atomic mass is 9.88. The number of rotatable bonds is 3. The number of carboxylic acids is 1. The van der Waals surface area contributed by atoms with Gasteiger partial charge in [0.05, 0.1) is 5.92 Å². The van der Waals surface area contributed by atoms with Gasteiger partial charge in [0, 0.05) is 6.54 Å². The topological polar surface area (TPSA) is 87.7 Å². The van der Waals surface area contributed by atoms with Gasteiger partial charge in [-0.3, -0.25) is 4.79 Å². The molecule has 0 aliphatic carbocycles. The second-order valence-electron chi connectivity index (χ2n) is 5.91. The number of alkyl carbamates (subject to hydrolysis) is 1. The summed E-state index contributed by atoms with van der Waals surface area (Å²) in [5.41, 5.74) is -0.540. The van der Waals surface area contributed by atoms with Crippen molar-refractivity contribution in [2.75, 3.05) is 19.6 Å². The Labute approximate surface area is 113 Å². The lowest BCUT2D eigenvalue weighted by Crippen LogP contribution is -2.38. The lowest BCUT2D eigenvalue weighted by molar-refractivity contribution is -0.143. The van der Waals surface area contributed by atoms with Crippen LogP contribution in [-0.4, -0.2) is 42.4 Å². The average molecular weight is 272 g/mol. The van der Waals surface area contributed by atoms with E-state index in [1.807, 2.05) is 0 Å². The van der Waals surface area contributed by atoms with Gasteiger partial charge in [-0.2, -0.15) is 0 Å². The first-order valence-electron chi connectivity index (χ1n) is 6.70. The number of ether oxygens (including phenoxy) is 1. The highest BCUT2D eigenvalue weighted by Crippen LogP contribution is 2.21. The third-order valence-corrected chi connectivity index (χ3v) is 3.12. The molecule has 1 heterocycles. The van der Waals surface area contributed by atoms with Crippen molar-refractivity contribution in [2.45, 2.75) is 39.2 Å². The van der Waals surface area contributed by atoms with E-state index in [4.69, 9.17) is 4.74 Å².